The molecular formula is C18H18ClNO. The molecule has 0 saturated carbocycles. The molecule has 1 N–H and O–H groups in total. The van der Waals surface area contributed by atoms with E-state index < -0.39 is 0 Å². The highest BCUT2D eigenvalue weighted by atomic mass is 35.5. The summed E-state index contributed by atoms with van der Waals surface area (Å²) in [6, 6.07) is 15.3. The second-order valence-corrected chi connectivity index (χ2v) is 5.53. The molecule has 0 aliphatic carbocycles. The first-order chi connectivity index (χ1) is 10.1. The fraction of sp³-hybridized carbons (Fsp3) is 0.167. The van der Waals surface area contributed by atoms with Gasteiger partial charge in [-0.25, -0.2) is 0 Å². The van der Waals surface area contributed by atoms with Gasteiger partial charge in [0.05, 0.1) is 10.7 Å². The Bertz CT molecular complexity index is 645. The minimum Gasteiger partial charge on any atom is -0.321 e. The van der Waals surface area contributed by atoms with E-state index in [1.54, 1.807) is 18.2 Å². The molecule has 21 heavy (non-hydrogen) atoms. The molecule has 0 saturated heterocycles. The fourth-order valence-corrected chi connectivity index (χ4v) is 2.08. The lowest BCUT2D eigenvalue weighted by Gasteiger charge is -2.05. The summed E-state index contributed by atoms with van der Waals surface area (Å²) < 4.78 is 0. The standard InChI is InChI=1S/C18H18ClNO/c1-13(2)15-10-7-14(8-11-15)9-12-18(21)20-17-6-4-3-5-16(17)19/h3-13H,1-2H3,(H,20,21)/b12-9+. The molecule has 2 nitrogen and oxygen atoms in total. The average Bonchev–Trinajstić information content (AvgIpc) is 2.48. The highest BCUT2D eigenvalue weighted by molar-refractivity contribution is 6.33. The Hall–Kier alpha value is -2.06. The molecule has 2 rings (SSSR count). The SMILES string of the molecule is CC(C)c1ccc(/C=C/C(=O)Nc2ccccc2Cl)cc1. The van der Waals surface area contributed by atoms with Gasteiger partial charge >= 0.3 is 0 Å². The van der Waals surface area contributed by atoms with Crippen LogP contribution in [-0.2, 0) is 4.79 Å². The zero-order chi connectivity index (χ0) is 15.2. The first-order valence-corrected chi connectivity index (χ1v) is 7.27. The Kier molecular flexibility index (Phi) is 5.18. The molecule has 0 aromatic heterocycles. The van der Waals surface area contributed by atoms with Gasteiger partial charge in [-0.05, 0) is 35.3 Å². The van der Waals surface area contributed by atoms with Crippen molar-refractivity contribution in [1.82, 2.24) is 0 Å². The minimum absolute atomic E-state index is 0.198. The number of halogens is 1. The van der Waals surface area contributed by atoms with Gasteiger partial charge < -0.3 is 5.32 Å². The molecular weight excluding hydrogens is 282 g/mol. The largest absolute Gasteiger partial charge is 0.321 e. The van der Waals surface area contributed by atoms with Crippen LogP contribution in [0.1, 0.15) is 30.9 Å². The zero-order valence-corrected chi connectivity index (χ0v) is 12.9. The minimum atomic E-state index is -0.198. The number of hydrogen-bond donors (Lipinski definition) is 1. The summed E-state index contributed by atoms with van der Waals surface area (Å²) in [4.78, 5) is 11.9. The highest BCUT2D eigenvalue weighted by Crippen LogP contribution is 2.20. The third-order valence-corrected chi connectivity index (χ3v) is 3.49. The molecule has 0 atom stereocenters. The van der Waals surface area contributed by atoms with Crippen LogP contribution in [0, 0.1) is 0 Å². The summed E-state index contributed by atoms with van der Waals surface area (Å²) in [6.45, 7) is 4.31. The summed E-state index contributed by atoms with van der Waals surface area (Å²) in [7, 11) is 0. The van der Waals surface area contributed by atoms with Crippen LogP contribution in [0.2, 0.25) is 5.02 Å². The van der Waals surface area contributed by atoms with Gasteiger partial charge in [0.25, 0.3) is 0 Å². The molecule has 0 radical (unpaired) electrons. The van der Waals surface area contributed by atoms with Crippen LogP contribution in [0.15, 0.2) is 54.6 Å². The van der Waals surface area contributed by atoms with Crippen LogP contribution in [-0.4, -0.2) is 5.91 Å². The zero-order valence-electron chi connectivity index (χ0n) is 12.1. The molecule has 1 amide bonds. The second kappa shape index (κ2) is 7.09. The van der Waals surface area contributed by atoms with Gasteiger partial charge in [-0.3, -0.25) is 4.79 Å². The molecule has 0 bridgehead atoms. The van der Waals surface area contributed by atoms with E-state index in [1.807, 2.05) is 24.3 Å². The predicted octanol–water partition coefficient (Wildman–Crippen LogP) is 5.12. The van der Waals surface area contributed by atoms with Crippen LogP contribution in [0.25, 0.3) is 6.08 Å². The van der Waals surface area contributed by atoms with Crippen LogP contribution in [0.4, 0.5) is 5.69 Å². The lowest BCUT2D eigenvalue weighted by atomic mass is 10.0. The summed E-state index contributed by atoms with van der Waals surface area (Å²) in [5.41, 5.74) is 2.89. The average molecular weight is 300 g/mol. The third kappa shape index (κ3) is 4.47. The Labute approximate surface area is 130 Å². The molecule has 2 aromatic carbocycles. The van der Waals surface area contributed by atoms with Crippen molar-refractivity contribution in [2.45, 2.75) is 19.8 Å². The van der Waals surface area contributed by atoms with Gasteiger partial charge in [0.2, 0.25) is 5.91 Å². The van der Waals surface area contributed by atoms with Gasteiger partial charge in [0.1, 0.15) is 0 Å². The second-order valence-electron chi connectivity index (χ2n) is 5.12. The van der Waals surface area contributed by atoms with Gasteiger partial charge in [-0.2, -0.15) is 0 Å². The number of para-hydroxylation sites is 1. The summed E-state index contributed by atoms with van der Waals surface area (Å²) in [5, 5.41) is 3.28. The molecule has 2 aromatic rings. The lowest BCUT2D eigenvalue weighted by Crippen LogP contribution is -2.07. The van der Waals surface area contributed by atoms with E-state index >= 15 is 0 Å². The number of hydrogen-bond acceptors (Lipinski definition) is 1. The van der Waals surface area contributed by atoms with Crippen LogP contribution >= 0.6 is 11.6 Å². The first kappa shape index (κ1) is 15.3. The summed E-state index contributed by atoms with van der Waals surface area (Å²) in [6.07, 6.45) is 3.30. The topological polar surface area (TPSA) is 29.1 Å². The number of carbonyl (C=O) groups excluding carboxylic acids is 1. The van der Waals surface area contributed by atoms with Crippen molar-refractivity contribution in [3.8, 4) is 0 Å². The summed E-state index contributed by atoms with van der Waals surface area (Å²) in [5.74, 6) is 0.308. The number of carbonyl (C=O) groups is 1. The maximum absolute atomic E-state index is 11.9. The van der Waals surface area contributed by atoms with Crippen molar-refractivity contribution in [3.05, 3.63) is 70.8 Å². The first-order valence-electron chi connectivity index (χ1n) is 6.90. The van der Waals surface area contributed by atoms with E-state index in [0.717, 1.165) is 5.56 Å². The van der Waals surface area contributed by atoms with Crippen molar-refractivity contribution >= 4 is 29.3 Å². The third-order valence-electron chi connectivity index (χ3n) is 3.16. The Morgan fingerprint density at radius 1 is 1.10 bits per heavy atom. The molecule has 3 heteroatoms. The van der Waals surface area contributed by atoms with Gasteiger partial charge in [0, 0.05) is 6.08 Å². The van der Waals surface area contributed by atoms with Crippen molar-refractivity contribution in [2.75, 3.05) is 5.32 Å². The van der Waals surface area contributed by atoms with E-state index in [2.05, 4.69) is 31.3 Å². The van der Waals surface area contributed by atoms with E-state index in [9.17, 15) is 4.79 Å². The smallest absolute Gasteiger partial charge is 0.248 e. The fourth-order valence-electron chi connectivity index (χ4n) is 1.90. The van der Waals surface area contributed by atoms with E-state index in [-0.39, 0.29) is 5.91 Å². The number of amides is 1. The molecule has 0 fully saturated rings. The number of rotatable bonds is 4. The summed E-state index contributed by atoms with van der Waals surface area (Å²) >= 11 is 5.99. The van der Waals surface area contributed by atoms with Crippen LogP contribution in [0.3, 0.4) is 0 Å². The monoisotopic (exact) mass is 299 g/mol. The van der Waals surface area contributed by atoms with Crippen molar-refractivity contribution in [1.29, 1.82) is 0 Å². The number of anilines is 1. The van der Waals surface area contributed by atoms with E-state index in [1.165, 1.54) is 11.6 Å². The van der Waals surface area contributed by atoms with Crippen molar-refractivity contribution in [2.24, 2.45) is 0 Å². The molecule has 0 heterocycles. The maximum Gasteiger partial charge on any atom is 0.248 e. The predicted molar refractivity (Wildman–Crippen MR) is 89.6 cm³/mol. The quantitative estimate of drug-likeness (QED) is 0.780. The van der Waals surface area contributed by atoms with Gasteiger partial charge in [-0.15, -0.1) is 0 Å². The van der Waals surface area contributed by atoms with E-state index in [0.29, 0.717) is 16.6 Å². The normalized spacial score (nSPS) is 11.0. The van der Waals surface area contributed by atoms with Crippen molar-refractivity contribution < 1.29 is 4.79 Å². The lowest BCUT2D eigenvalue weighted by molar-refractivity contribution is -0.111. The van der Waals surface area contributed by atoms with Gasteiger partial charge in [-0.1, -0.05) is 61.8 Å². The number of nitrogens with one attached hydrogen (secondary N) is 1. The molecule has 108 valence electrons. The molecule has 0 spiro atoms. The van der Waals surface area contributed by atoms with Crippen LogP contribution in [0.5, 0.6) is 0 Å². The van der Waals surface area contributed by atoms with Crippen molar-refractivity contribution in [3.63, 3.8) is 0 Å². The Morgan fingerprint density at radius 2 is 1.76 bits per heavy atom. The Morgan fingerprint density at radius 3 is 2.38 bits per heavy atom. The van der Waals surface area contributed by atoms with E-state index in [4.69, 9.17) is 11.6 Å². The highest BCUT2D eigenvalue weighted by Gasteiger charge is 2.02. The maximum atomic E-state index is 11.9. The molecule has 0 aliphatic heterocycles. The molecule has 0 unspecified atom stereocenters. The number of benzene rings is 2. The van der Waals surface area contributed by atoms with Gasteiger partial charge in [0.15, 0.2) is 0 Å². The Balaban J connectivity index is 2.00. The molecule has 0 aliphatic rings. The van der Waals surface area contributed by atoms with Crippen LogP contribution < -0.4 is 5.32 Å².